The first-order valence-electron chi connectivity index (χ1n) is 8.43. The van der Waals surface area contributed by atoms with Gasteiger partial charge in [0.2, 0.25) is 0 Å². The summed E-state index contributed by atoms with van der Waals surface area (Å²) in [6.45, 7) is 11.0. The van der Waals surface area contributed by atoms with E-state index in [0.717, 1.165) is 17.5 Å². The number of rotatable bonds is 5. The smallest absolute Gasteiger partial charge is 0.116 e. The summed E-state index contributed by atoms with van der Waals surface area (Å²) in [5.74, 6) is 1.47. The van der Waals surface area contributed by atoms with Gasteiger partial charge in [-0.1, -0.05) is 32.9 Å². The summed E-state index contributed by atoms with van der Waals surface area (Å²) in [7, 11) is 1.99. The van der Waals surface area contributed by atoms with Crippen LogP contribution in [0.5, 0.6) is 5.75 Å². The van der Waals surface area contributed by atoms with Crippen LogP contribution in [-0.4, -0.2) is 12.2 Å². The fourth-order valence-corrected chi connectivity index (χ4v) is 3.14. The van der Waals surface area contributed by atoms with Gasteiger partial charge < -0.3 is 10.4 Å². The zero-order chi connectivity index (χ0) is 17.1. The molecule has 2 heteroatoms. The van der Waals surface area contributed by atoms with Crippen molar-refractivity contribution in [1.29, 1.82) is 0 Å². The van der Waals surface area contributed by atoms with E-state index in [1.807, 2.05) is 19.2 Å². The van der Waals surface area contributed by atoms with Crippen LogP contribution >= 0.6 is 0 Å². The number of aromatic hydroxyl groups is 1. The van der Waals surface area contributed by atoms with E-state index in [0.29, 0.717) is 17.6 Å². The third kappa shape index (κ3) is 3.87. The number of hydrogen-bond donors (Lipinski definition) is 2. The third-order valence-corrected chi connectivity index (χ3v) is 4.94. The van der Waals surface area contributed by atoms with Crippen molar-refractivity contribution >= 4 is 5.69 Å². The van der Waals surface area contributed by atoms with E-state index in [9.17, 15) is 5.11 Å². The molecule has 0 amide bonds. The van der Waals surface area contributed by atoms with E-state index < -0.39 is 0 Å². The van der Waals surface area contributed by atoms with Crippen molar-refractivity contribution in [2.45, 2.75) is 47.0 Å². The maximum Gasteiger partial charge on any atom is 0.116 e. The lowest BCUT2D eigenvalue weighted by molar-refractivity contribution is 0.474. The predicted octanol–water partition coefficient (Wildman–Crippen LogP) is 5.40. The summed E-state index contributed by atoms with van der Waals surface area (Å²) in [5.41, 5.74) is 7.53. The fraction of sp³-hybridized carbons (Fsp3) is 0.429. The van der Waals surface area contributed by atoms with E-state index >= 15 is 0 Å². The molecule has 2 N–H and O–H groups in total. The third-order valence-electron chi connectivity index (χ3n) is 4.94. The number of phenolic OH excluding ortho intramolecular Hbond substituents is 1. The van der Waals surface area contributed by atoms with Crippen molar-refractivity contribution in [3.8, 4) is 5.75 Å². The van der Waals surface area contributed by atoms with Crippen molar-refractivity contribution in [3.63, 3.8) is 0 Å². The molecule has 0 aliphatic heterocycles. The molecular weight excluding hydrogens is 282 g/mol. The van der Waals surface area contributed by atoms with Gasteiger partial charge in [-0.05, 0) is 78.1 Å². The SMILES string of the molecule is CNc1ccc(Cc2c(C)cc(O)cc2C)cc1C(C)C(C)C. The van der Waals surface area contributed by atoms with E-state index in [1.54, 1.807) is 0 Å². The van der Waals surface area contributed by atoms with Crippen molar-refractivity contribution in [1.82, 2.24) is 0 Å². The standard InChI is InChI=1S/C21H29NO/c1-13(2)16(5)20-12-17(7-8-21(20)22-6)11-19-14(3)9-18(23)10-15(19)4/h7-10,12-13,16,22-23H,11H2,1-6H3. The molecule has 2 rings (SSSR count). The Morgan fingerprint density at radius 3 is 2.13 bits per heavy atom. The van der Waals surface area contributed by atoms with Gasteiger partial charge in [0.1, 0.15) is 5.75 Å². The first kappa shape index (κ1) is 17.4. The van der Waals surface area contributed by atoms with Crippen LogP contribution in [0, 0.1) is 19.8 Å². The molecule has 1 atom stereocenters. The number of hydrogen-bond acceptors (Lipinski definition) is 2. The quantitative estimate of drug-likeness (QED) is 0.774. The molecule has 0 saturated heterocycles. The second kappa shape index (κ2) is 7.08. The lowest BCUT2D eigenvalue weighted by Crippen LogP contribution is -2.07. The molecule has 0 fully saturated rings. The minimum Gasteiger partial charge on any atom is -0.508 e. The molecule has 2 nitrogen and oxygen atoms in total. The van der Waals surface area contributed by atoms with Crippen molar-refractivity contribution < 1.29 is 5.11 Å². The largest absolute Gasteiger partial charge is 0.508 e. The van der Waals surface area contributed by atoms with Gasteiger partial charge in [0.05, 0.1) is 0 Å². The predicted molar refractivity (Wildman–Crippen MR) is 99.6 cm³/mol. The van der Waals surface area contributed by atoms with Crippen LogP contribution in [0.3, 0.4) is 0 Å². The molecule has 124 valence electrons. The van der Waals surface area contributed by atoms with E-state index in [2.05, 4.69) is 58.1 Å². The van der Waals surface area contributed by atoms with Crippen LogP contribution in [0.25, 0.3) is 0 Å². The maximum absolute atomic E-state index is 9.72. The zero-order valence-corrected chi connectivity index (χ0v) is 15.2. The molecule has 23 heavy (non-hydrogen) atoms. The molecule has 0 bridgehead atoms. The van der Waals surface area contributed by atoms with Gasteiger partial charge in [-0.2, -0.15) is 0 Å². The molecule has 0 saturated carbocycles. The molecule has 0 aliphatic rings. The highest BCUT2D eigenvalue weighted by Gasteiger charge is 2.15. The van der Waals surface area contributed by atoms with Gasteiger partial charge in [-0.15, -0.1) is 0 Å². The average molecular weight is 311 g/mol. The van der Waals surface area contributed by atoms with E-state index in [-0.39, 0.29) is 0 Å². The van der Waals surface area contributed by atoms with Crippen LogP contribution < -0.4 is 5.32 Å². The molecule has 0 radical (unpaired) electrons. The zero-order valence-electron chi connectivity index (χ0n) is 15.2. The summed E-state index contributed by atoms with van der Waals surface area (Å²) in [6, 6.07) is 10.4. The van der Waals surface area contributed by atoms with Crippen LogP contribution in [0.2, 0.25) is 0 Å². The van der Waals surface area contributed by atoms with E-state index in [4.69, 9.17) is 0 Å². The van der Waals surface area contributed by atoms with Crippen LogP contribution in [0.15, 0.2) is 30.3 Å². The summed E-state index contributed by atoms with van der Waals surface area (Å²) < 4.78 is 0. The molecule has 2 aromatic rings. The van der Waals surface area contributed by atoms with Gasteiger partial charge in [-0.3, -0.25) is 0 Å². The van der Waals surface area contributed by atoms with Gasteiger partial charge >= 0.3 is 0 Å². The summed E-state index contributed by atoms with van der Waals surface area (Å²) in [4.78, 5) is 0. The Bertz CT molecular complexity index is 665. The van der Waals surface area contributed by atoms with Crippen LogP contribution in [0.1, 0.15) is 54.5 Å². The van der Waals surface area contributed by atoms with Crippen LogP contribution in [0.4, 0.5) is 5.69 Å². The van der Waals surface area contributed by atoms with Gasteiger partial charge in [0, 0.05) is 12.7 Å². The van der Waals surface area contributed by atoms with Gasteiger partial charge in [0.15, 0.2) is 0 Å². The first-order valence-corrected chi connectivity index (χ1v) is 8.43. The second-order valence-corrected chi connectivity index (χ2v) is 6.94. The Morgan fingerprint density at radius 2 is 1.61 bits per heavy atom. The Hall–Kier alpha value is -1.96. The number of anilines is 1. The van der Waals surface area contributed by atoms with Gasteiger partial charge in [-0.25, -0.2) is 0 Å². The number of nitrogens with one attached hydrogen (secondary N) is 1. The average Bonchev–Trinajstić information content (AvgIpc) is 2.49. The molecule has 1 unspecified atom stereocenters. The fourth-order valence-electron chi connectivity index (χ4n) is 3.14. The molecule has 0 aliphatic carbocycles. The van der Waals surface area contributed by atoms with Crippen molar-refractivity contribution in [2.24, 2.45) is 5.92 Å². The number of phenols is 1. The Kier molecular flexibility index (Phi) is 5.35. The monoisotopic (exact) mass is 311 g/mol. The van der Waals surface area contributed by atoms with Crippen molar-refractivity contribution in [3.05, 3.63) is 58.1 Å². The first-order chi connectivity index (χ1) is 10.8. The second-order valence-electron chi connectivity index (χ2n) is 6.94. The number of benzene rings is 2. The molecular formula is C21H29NO. The lowest BCUT2D eigenvalue weighted by Gasteiger charge is -2.21. The topological polar surface area (TPSA) is 32.3 Å². The highest BCUT2D eigenvalue weighted by Crippen LogP contribution is 2.32. The van der Waals surface area contributed by atoms with Crippen LogP contribution in [-0.2, 0) is 6.42 Å². The molecule has 0 aromatic heterocycles. The highest BCUT2D eigenvalue weighted by atomic mass is 16.3. The Morgan fingerprint density at radius 1 is 1.00 bits per heavy atom. The summed E-state index contributed by atoms with van der Waals surface area (Å²) in [6.07, 6.45) is 0.903. The molecule has 2 aromatic carbocycles. The lowest BCUT2D eigenvalue weighted by atomic mass is 9.86. The van der Waals surface area contributed by atoms with Gasteiger partial charge in [0.25, 0.3) is 0 Å². The Labute approximate surface area is 140 Å². The highest BCUT2D eigenvalue weighted by molar-refractivity contribution is 5.55. The summed E-state index contributed by atoms with van der Waals surface area (Å²) >= 11 is 0. The minimum atomic E-state index is 0.350. The Balaban J connectivity index is 2.40. The van der Waals surface area contributed by atoms with E-state index in [1.165, 1.54) is 22.4 Å². The molecule has 0 heterocycles. The normalized spacial score (nSPS) is 12.5. The summed E-state index contributed by atoms with van der Waals surface area (Å²) in [5, 5.41) is 13.0. The molecule has 0 spiro atoms. The van der Waals surface area contributed by atoms with Crippen molar-refractivity contribution in [2.75, 3.05) is 12.4 Å². The maximum atomic E-state index is 9.72. The minimum absolute atomic E-state index is 0.350. The number of aryl methyl sites for hydroxylation is 2.